The second-order valence-electron chi connectivity index (χ2n) is 3.82. The van der Waals surface area contributed by atoms with Gasteiger partial charge in [-0.25, -0.2) is 4.39 Å². The van der Waals surface area contributed by atoms with E-state index < -0.39 is 10.7 Å². The number of halogens is 2. The average Bonchev–Trinajstić information content (AvgIpc) is 2.36. The van der Waals surface area contributed by atoms with Gasteiger partial charge in [0.1, 0.15) is 18.2 Å². The van der Waals surface area contributed by atoms with Crippen LogP contribution in [-0.4, -0.2) is 4.92 Å². The highest BCUT2D eigenvalue weighted by atomic mass is 127. The molecule has 0 amide bonds. The molecule has 0 aliphatic heterocycles. The van der Waals surface area contributed by atoms with Crippen molar-refractivity contribution in [3.05, 3.63) is 67.5 Å². The van der Waals surface area contributed by atoms with Crippen LogP contribution < -0.4 is 4.74 Å². The molecular weight excluding hydrogens is 364 g/mol. The summed E-state index contributed by atoms with van der Waals surface area (Å²) >= 11 is 2.15. The number of benzene rings is 2. The summed E-state index contributed by atoms with van der Waals surface area (Å²) in [6.07, 6.45) is 0. The topological polar surface area (TPSA) is 52.4 Å². The van der Waals surface area contributed by atoms with E-state index in [0.717, 1.165) is 9.64 Å². The lowest BCUT2D eigenvalue weighted by Gasteiger charge is -2.06. The van der Waals surface area contributed by atoms with Crippen LogP contribution in [0.4, 0.5) is 10.1 Å². The van der Waals surface area contributed by atoms with Gasteiger partial charge >= 0.3 is 0 Å². The summed E-state index contributed by atoms with van der Waals surface area (Å²) in [5, 5.41) is 10.6. The van der Waals surface area contributed by atoms with Crippen molar-refractivity contribution >= 4 is 28.3 Å². The van der Waals surface area contributed by atoms with Crippen molar-refractivity contribution in [1.82, 2.24) is 0 Å². The first-order valence-corrected chi connectivity index (χ1v) is 6.45. The highest BCUT2D eigenvalue weighted by Crippen LogP contribution is 2.19. The molecule has 2 aromatic rings. The van der Waals surface area contributed by atoms with Gasteiger partial charge in [-0.3, -0.25) is 10.1 Å². The van der Waals surface area contributed by atoms with Gasteiger partial charge in [0.2, 0.25) is 0 Å². The average molecular weight is 373 g/mol. The van der Waals surface area contributed by atoms with E-state index >= 15 is 0 Å². The molecule has 0 aromatic heterocycles. The fourth-order valence-corrected chi connectivity index (χ4v) is 2.06. The van der Waals surface area contributed by atoms with E-state index in [-0.39, 0.29) is 12.3 Å². The third-order valence-electron chi connectivity index (χ3n) is 2.35. The first-order chi connectivity index (χ1) is 9.04. The quantitative estimate of drug-likeness (QED) is 0.464. The minimum absolute atomic E-state index is 0.0820. The maximum absolute atomic E-state index is 13.2. The van der Waals surface area contributed by atoms with Gasteiger partial charge in [0, 0.05) is 9.64 Å². The molecule has 0 N–H and O–H groups in total. The summed E-state index contributed by atoms with van der Waals surface area (Å²) in [6.45, 7) is 0.0820. The SMILES string of the molecule is O=[N+]([O-])c1cc(F)cc(COc2cccc(I)c2)c1. The first-order valence-electron chi connectivity index (χ1n) is 5.37. The Morgan fingerprint density at radius 2 is 2.05 bits per heavy atom. The highest BCUT2D eigenvalue weighted by molar-refractivity contribution is 14.1. The number of rotatable bonds is 4. The number of non-ortho nitro benzene ring substituents is 1. The van der Waals surface area contributed by atoms with Gasteiger partial charge in [0.15, 0.2) is 0 Å². The zero-order valence-corrected chi connectivity index (χ0v) is 11.8. The lowest BCUT2D eigenvalue weighted by Crippen LogP contribution is -1.98. The molecule has 2 rings (SSSR count). The van der Waals surface area contributed by atoms with E-state index in [0.29, 0.717) is 11.3 Å². The molecule has 0 aliphatic rings. The molecule has 0 saturated heterocycles. The van der Waals surface area contributed by atoms with Gasteiger partial charge in [-0.2, -0.15) is 0 Å². The van der Waals surface area contributed by atoms with Gasteiger partial charge in [-0.15, -0.1) is 0 Å². The lowest BCUT2D eigenvalue weighted by atomic mass is 10.2. The Labute approximate surface area is 122 Å². The van der Waals surface area contributed by atoms with Gasteiger partial charge in [-0.1, -0.05) is 6.07 Å². The van der Waals surface area contributed by atoms with Gasteiger partial charge in [-0.05, 0) is 52.4 Å². The van der Waals surface area contributed by atoms with Crippen molar-refractivity contribution in [1.29, 1.82) is 0 Å². The van der Waals surface area contributed by atoms with E-state index in [1.807, 2.05) is 18.2 Å². The molecule has 2 aromatic carbocycles. The molecule has 0 saturated carbocycles. The minimum Gasteiger partial charge on any atom is -0.489 e. The molecule has 0 heterocycles. The molecule has 4 nitrogen and oxygen atoms in total. The molecule has 19 heavy (non-hydrogen) atoms. The monoisotopic (exact) mass is 373 g/mol. The molecule has 0 bridgehead atoms. The molecule has 0 fully saturated rings. The maximum Gasteiger partial charge on any atom is 0.272 e. The number of nitrogens with zero attached hydrogens (tertiary/aromatic N) is 1. The maximum atomic E-state index is 13.2. The number of nitro groups is 1. The van der Waals surface area contributed by atoms with Crippen molar-refractivity contribution in [3.63, 3.8) is 0 Å². The fourth-order valence-electron chi connectivity index (χ4n) is 1.55. The Hall–Kier alpha value is -1.70. The summed E-state index contributed by atoms with van der Waals surface area (Å²) in [5.41, 5.74) is 0.145. The van der Waals surface area contributed by atoms with E-state index in [2.05, 4.69) is 22.6 Å². The molecule has 6 heteroatoms. The molecule has 0 aliphatic carbocycles. The largest absolute Gasteiger partial charge is 0.489 e. The number of hydrogen-bond acceptors (Lipinski definition) is 3. The second-order valence-corrected chi connectivity index (χ2v) is 5.07. The van der Waals surface area contributed by atoms with Crippen LogP contribution in [0.2, 0.25) is 0 Å². The number of ether oxygens (including phenoxy) is 1. The summed E-state index contributed by atoms with van der Waals surface area (Å²) in [5.74, 6) is -0.00532. The van der Waals surface area contributed by atoms with Crippen molar-refractivity contribution in [2.75, 3.05) is 0 Å². The zero-order valence-electron chi connectivity index (χ0n) is 9.68. The zero-order chi connectivity index (χ0) is 13.8. The molecule has 0 unspecified atom stereocenters. The van der Waals surface area contributed by atoms with Crippen LogP contribution in [-0.2, 0) is 6.61 Å². The lowest BCUT2D eigenvalue weighted by molar-refractivity contribution is -0.385. The van der Waals surface area contributed by atoms with E-state index in [1.165, 1.54) is 12.1 Å². The van der Waals surface area contributed by atoms with Crippen LogP contribution in [0.25, 0.3) is 0 Å². The molecule has 0 atom stereocenters. The highest BCUT2D eigenvalue weighted by Gasteiger charge is 2.10. The van der Waals surface area contributed by atoms with Crippen LogP contribution in [0.5, 0.6) is 5.75 Å². The minimum atomic E-state index is -0.643. The summed E-state index contributed by atoms with van der Waals surface area (Å²) in [4.78, 5) is 9.99. The van der Waals surface area contributed by atoms with E-state index in [1.54, 1.807) is 6.07 Å². The van der Waals surface area contributed by atoms with Crippen LogP contribution in [0.1, 0.15) is 5.56 Å². The Morgan fingerprint density at radius 1 is 1.26 bits per heavy atom. The van der Waals surface area contributed by atoms with Crippen molar-refractivity contribution < 1.29 is 14.1 Å². The molecule has 0 radical (unpaired) electrons. The Morgan fingerprint density at radius 3 is 2.74 bits per heavy atom. The number of nitro benzene ring substituents is 1. The van der Waals surface area contributed by atoms with Crippen molar-refractivity contribution in [2.24, 2.45) is 0 Å². The standard InChI is InChI=1S/C13H9FINO3/c14-10-4-9(5-12(6-10)16(17)18)8-19-13-3-1-2-11(15)7-13/h1-7H,8H2. The predicted molar refractivity (Wildman–Crippen MR) is 76.5 cm³/mol. The second kappa shape index (κ2) is 5.96. The van der Waals surface area contributed by atoms with Gasteiger partial charge in [0.05, 0.1) is 11.0 Å². The van der Waals surface area contributed by atoms with Crippen LogP contribution in [0.3, 0.4) is 0 Å². The van der Waals surface area contributed by atoms with Gasteiger partial charge < -0.3 is 4.74 Å². The van der Waals surface area contributed by atoms with Gasteiger partial charge in [0.25, 0.3) is 5.69 Å². The fraction of sp³-hybridized carbons (Fsp3) is 0.0769. The molecule has 0 spiro atoms. The summed E-state index contributed by atoms with van der Waals surface area (Å²) in [6, 6.07) is 10.8. The predicted octanol–water partition coefficient (Wildman–Crippen LogP) is 3.92. The third kappa shape index (κ3) is 3.88. The first kappa shape index (κ1) is 13.7. The van der Waals surface area contributed by atoms with Crippen LogP contribution >= 0.6 is 22.6 Å². The van der Waals surface area contributed by atoms with Crippen LogP contribution in [0, 0.1) is 19.5 Å². The Balaban J connectivity index is 2.13. The molecular formula is C13H9FINO3. The van der Waals surface area contributed by atoms with Crippen molar-refractivity contribution in [2.45, 2.75) is 6.61 Å². The number of hydrogen-bond donors (Lipinski definition) is 0. The summed E-state index contributed by atoms with van der Waals surface area (Å²) in [7, 11) is 0. The van der Waals surface area contributed by atoms with Crippen LogP contribution in [0.15, 0.2) is 42.5 Å². The summed E-state index contributed by atoms with van der Waals surface area (Å²) < 4.78 is 19.7. The molecule has 98 valence electrons. The smallest absolute Gasteiger partial charge is 0.272 e. The Kier molecular flexibility index (Phi) is 4.31. The Bertz CT molecular complexity index is 619. The third-order valence-corrected chi connectivity index (χ3v) is 3.03. The van der Waals surface area contributed by atoms with E-state index in [9.17, 15) is 14.5 Å². The normalized spacial score (nSPS) is 10.2. The van der Waals surface area contributed by atoms with E-state index in [4.69, 9.17) is 4.74 Å². The van der Waals surface area contributed by atoms with Crippen molar-refractivity contribution in [3.8, 4) is 5.75 Å².